The Labute approximate surface area is 203 Å². The number of ether oxygens (including phenoxy) is 1. The molecule has 3 aromatic heterocycles. The van der Waals surface area contributed by atoms with Gasteiger partial charge >= 0.3 is 6.01 Å². The van der Waals surface area contributed by atoms with Crippen molar-refractivity contribution >= 4 is 34.4 Å². The van der Waals surface area contributed by atoms with Gasteiger partial charge in [0.25, 0.3) is 0 Å². The Morgan fingerprint density at radius 3 is 2.77 bits per heavy atom. The predicted molar refractivity (Wildman–Crippen MR) is 136 cm³/mol. The third-order valence-electron chi connectivity index (χ3n) is 5.42. The average molecular weight is 480 g/mol. The first-order valence-corrected chi connectivity index (χ1v) is 11.7. The molecule has 4 aromatic rings. The molecule has 1 aromatic carbocycles. The largest absolute Gasteiger partial charge is 0.421 e. The molecule has 0 aliphatic carbocycles. The monoisotopic (exact) mass is 479 g/mol. The van der Waals surface area contributed by atoms with Crippen LogP contribution in [-0.4, -0.2) is 49.4 Å². The number of nitrogens with zero attached hydrogens (tertiary/aromatic N) is 4. The van der Waals surface area contributed by atoms with Gasteiger partial charge in [-0.05, 0) is 44.5 Å². The van der Waals surface area contributed by atoms with E-state index in [4.69, 9.17) is 4.74 Å². The van der Waals surface area contributed by atoms with E-state index >= 15 is 4.39 Å². The molecule has 1 atom stereocenters. The van der Waals surface area contributed by atoms with Gasteiger partial charge < -0.3 is 25.0 Å². The zero-order valence-electron chi connectivity index (χ0n) is 20.3. The molecule has 0 saturated carbocycles. The molecule has 0 radical (unpaired) electrons. The van der Waals surface area contributed by atoms with Crippen LogP contribution in [0.25, 0.3) is 17.0 Å². The number of aryl methyl sites for hydroxylation is 1. The molecule has 0 bridgehead atoms. The van der Waals surface area contributed by atoms with Crippen LogP contribution in [0.4, 0.5) is 21.8 Å². The molecular weight excluding hydrogens is 449 g/mol. The highest BCUT2D eigenvalue weighted by molar-refractivity contribution is 5.82. The third kappa shape index (κ3) is 5.43. The Morgan fingerprint density at radius 1 is 1.20 bits per heavy atom. The number of rotatable bonds is 6. The van der Waals surface area contributed by atoms with Gasteiger partial charge in [0, 0.05) is 41.8 Å². The highest BCUT2D eigenvalue weighted by Crippen LogP contribution is 2.31. The number of halogens is 1. The Hall–Kier alpha value is -3.92. The van der Waals surface area contributed by atoms with Crippen LogP contribution < -0.4 is 15.0 Å². The molecule has 1 fully saturated rings. The Balaban J connectivity index is 0.00000141. The number of benzene rings is 1. The molecule has 0 spiro atoms. The normalized spacial score (nSPS) is 15.5. The number of hydrogen-bond donors (Lipinski definition) is 4. The van der Waals surface area contributed by atoms with E-state index in [1.807, 2.05) is 50.8 Å². The summed E-state index contributed by atoms with van der Waals surface area (Å²) in [5, 5.41) is 20.7. The molecular formula is C25H30FN7O2. The lowest BCUT2D eigenvalue weighted by molar-refractivity contribution is 0.198. The van der Waals surface area contributed by atoms with E-state index in [-0.39, 0.29) is 11.8 Å². The van der Waals surface area contributed by atoms with Crippen molar-refractivity contribution < 1.29 is 14.2 Å². The molecule has 0 amide bonds. The van der Waals surface area contributed by atoms with Crippen molar-refractivity contribution in [2.24, 2.45) is 0 Å². The van der Waals surface area contributed by atoms with Gasteiger partial charge in [0.2, 0.25) is 0 Å². The number of aromatic amines is 2. The first-order chi connectivity index (χ1) is 17.0. The number of fused-ring (bicyclic) bond motifs is 1. The number of hydrogen-bond acceptors (Lipinski definition) is 7. The summed E-state index contributed by atoms with van der Waals surface area (Å²) in [7, 11) is 0. The van der Waals surface area contributed by atoms with E-state index in [1.54, 1.807) is 24.3 Å². The van der Waals surface area contributed by atoms with E-state index < -0.39 is 11.9 Å². The number of H-pyrrole nitrogens is 2. The van der Waals surface area contributed by atoms with Gasteiger partial charge in [-0.15, -0.1) is 0 Å². The van der Waals surface area contributed by atoms with E-state index in [2.05, 4.69) is 30.5 Å². The number of nitrogens with one attached hydrogen (secondary N) is 3. The van der Waals surface area contributed by atoms with Gasteiger partial charge in [0.05, 0.1) is 11.8 Å². The van der Waals surface area contributed by atoms with Crippen molar-refractivity contribution in [1.29, 1.82) is 0 Å². The maximum absolute atomic E-state index is 15.1. The third-order valence-corrected chi connectivity index (χ3v) is 5.42. The Morgan fingerprint density at radius 2 is 2.03 bits per heavy atom. The number of allylic oxidation sites excluding steroid dienone is 1. The second kappa shape index (κ2) is 10.6. The first kappa shape index (κ1) is 24.2. The SMILES string of the molecule is C/C=C/c1cc(Nc2cc(N3CCC(O)C3)nc(Oc3ccc4[nH]c(C)cc4c3F)n2)n[nH]1.CC. The second-order valence-corrected chi connectivity index (χ2v) is 8.01. The summed E-state index contributed by atoms with van der Waals surface area (Å²) >= 11 is 0. The minimum absolute atomic E-state index is 0.00823. The van der Waals surface area contributed by atoms with Gasteiger partial charge in [-0.1, -0.05) is 19.9 Å². The van der Waals surface area contributed by atoms with E-state index in [1.165, 1.54) is 0 Å². The molecule has 4 heterocycles. The van der Waals surface area contributed by atoms with Crippen LogP contribution in [0.5, 0.6) is 11.8 Å². The van der Waals surface area contributed by atoms with Crippen molar-refractivity contribution in [1.82, 2.24) is 25.1 Å². The quantitative estimate of drug-likeness (QED) is 0.297. The molecule has 1 aliphatic heterocycles. The number of aromatic nitrogens is 5. The summed E-state index contributed by atoms with van der Waals surface area (Å²) in [6, 6.07) is 8.62. The van der Waals surface area contributed by atoms with E-state index in [0.29, 0.717) is 47.9 Å². The molecule has 5 rings (SSSR count). The molecule has 10 heteroatoms. The Bertz CT molecular complexity index is 1330. The lowest BCUT2D eigenvalue weighted by atomic mass is 10.2. The predicted octanol–water partition coefficient (Wildman–Crippen LogP) is 5.29. The zero-order valence-corrected chi connectivity index (χ0v) is 20.3. The van der Waals surface area contributed by atoms with Gasteiger partial charge in [-0.25, -0.2) is 4.39 Å². The van der Waals surface area contributed by atoms with Crippen molar-refractivity contribution in [2.45, 2.75) is 40.2 Å². The minimum Gasteiger partial charge on any atom is -0.421 e. The highest BCUT2D eigenvalue weighted by Gasteiger charge is 2.23. The molecule has 4 N–H and O–H groups in total. The van der Waals surface area contributed by atoms with Crippen LogP contribution in [0.2, 0.25) is 0 Å². The zero-order chi connectivity index (χ0) is 24.9. The standard InChI is InChI=1S/C23H24FN7O2.C2H6/c1-3-4-14-10-20(30-29-14)26-19-11-21(31-8-7-15(32)12-31)28-23(27-19)33-18-6-5-17-16(22(18)24)9-13(2)25-17;1-2/h3-6,9-11,15,25,32H,7-8,12H2,1-2H3,(H2,26,27,28,29,30);1-2H3/b4-3+;. The molecule has 1 unspecified atom stereocenters. The summed E-state index contributed by atoms with van der Waals surface area (Å²) in [5.74, 6) is 1.12. The van der Waals surface area contributed by atoms with Crippen molar-refractivity contribution in [3.8, 4) is 11.8 Å². The van der Waals surface area contributed by atoms with Crippen LogP contribution in [0.3, 0.4) is 0 Å². The maximum atomic E-state index is 15.1. The average Bonchev–Trinajstić information content (AvgIpc) is 3.57. The maximum Gasteiger partial charge on any atom is 0.326 e. The van der Waals surface area contributed by atoms with Gasteiger partial charge in [0.15, 0.2) is 17.4 Å². The topological polar surface area (TPSA) is 115 Å². The minimum atomic E-state index is -0.486. The van der Waals surface area contributed by atoms with Crippen molar-refractivity contribution in [3.05, 3.63) is 53.6 Å². The smallest absolute Gasteiger partial charge is 0.326 e. The Kier molecular flexibility index (Phi) is 7.31. The molecule has 35 heavy (non-hydrogen) atoms. The van der Waals surface area contributed by atoms with Crippen LogP contribution in [0, 0.1) is 12.7 Å². The summed E-state index contributed by atoms with van der Waals surface area (Å²) in [6.07, 6.45) is 4.02. The number of aliphatic hydroxyl groups is 1. The van der Waals surface area contributed by atoms with Crippen LogP contribution in [0.15, 0.2) is 36.4 Å². The van der Waals surface area contributed by atoms with Crippen molar-refractivity contribution in [2.75, 3.05) is 23.3 Å². The molecule has 1 aliphatic rings. The highest BCUT2D eigenvalue weighted by atomic mass is 19.1. The second-order valence-electron chi connectivity index (χ2n) is 8.01. The van der Waals surface area contributed by atoms with E-state index in [9.17, 15) is 5.11 Å². The van der Waals surface area contributed by atoms with Crippen molar-refractivity contribution in [3.63, 3.8) is 0 Å². The fraction of sp³-hybridized carbons (Fsp3) is 0.320. The summed E-state index contributed by atoms with van der Waals surface area (Å²) in [6.45, 7) is 8.89. The lowest BCUT2D eigenvalue weighted by Gasteiger charge is -2.18. The van der Waals surface area contributed by atoms with E-state index in [0.717, 1.165) is 11.4 Å². The fourth-order valence-corrected chi connectivity index (χ4v) is 3.90. The molecule has 1 saturated heterocycles. The molecule has 9 nitrogen and oxygen atoms in total. The first-order valence-electron chi connectivity index (χ1n) is 11.7. The fourth-order valence-electron chi connectivity index (χ4n) is 3.90. The molecule has 184 valence electrons. The van der Waals surface area contributed by atoms with Crippen LogP contribution in [0.1, 0.15) is 38.6 Å². The van der Waals surface area contributed by atoms with Crippen LogP contribution >= 0.6 is 0 Å². The summed E-state index contributed by atoms with van der Waals surface area (Å²) in [5.41, 5.74) is 2.39. The number of aliphatic hydroxyl groups excluding tert-OH is 1. The van der Waals surface area contributed by atoms with Crippen LogP contribution in [-0.2, 0) is 0 Å². The lowest BCUT2D eigenvalue weighted by Crippen LogP contribution is -2.22. The van der Waals surface area contributed by atoms with Gasteiger partial charge in [-0.2, -0.15) is 15.1 Å². The number of anilines is 3. The van der Waals surface area contributed by atoms with Gasteiger partial charge in [0.1, 0.15) is 11.6 Å². The summed E-state index contributed by atoms with van der Waals surface area (Å²) < 4.78 is 20.9. The van der Waals surface area contributed by atoms with Gasteiger partial charge in [-0.3, -0.25) is 5.10 Å². The summed E-state index contributed by atoms with van der Waals surface area (Å²) in [4.78, 5) is 13.9. The number of β-amino-alcohol motifs (C(OH)–C–C–N with tert-alkyl or cyclic N) is 1.